The molecule has 0 aliphatic carbocycles. The summed E-state index contributed by atoms with van der Waals surface area (Å²) >= 11 is 0. The van der Waals surface area contributed by atoms with Crippen LogP contribution < -0.4 is 4.74 Å². The molecule has 0 saturated carbocycles. The van der Waals surface area contributed by atoms with E-state index in [4.69, 9.17) is 14.6 Å². The van der Waals surface area contributed by atoms with Crippen LogP contribution in [0.25, 0.3) is 0 Å². The SMILES string of the molecule is COC(Oc1ccccc1C(C)C)C(=O)O. The van der Waals surface area contributed by atoms with Crippen molar-refractivity contribution in [2.75, 3.05) is 7.11 Å². The summed E-state index contributed by atoms with van der Waals surface area (Å²) in [6.07, 6.45) is -1.26. The first-order valence-electron chi connectivity index (χ1n) is 5.07. The summed E-state index contributed by atoms with van der Waals surface area (Å²) in [5, 5.41) is 8.81. The van der Waals surface area contributed by atoms with Gasteiger partial charge in [-0.15, -0.1) is 0 Å². The average Bonchev–Trinajstić information content (AvgIpc) is 2.25. The Morgan fingerprint density at radius 3 is 2.44 bits per heavy atom. The predicted octanol–water partition coefficient (Wildman–Crippen LogP) is 2.25. The monoisotopic (exact) mass is 224 g/mol. The molecule has 88 valence electrons. The van der Waals surface area contributed by atoms with Crippen LogP contribution in [0.4, 0.5) is 0 Å². The molecule has 0 amide bonds. The van der Waals surface area contributed by atoms with Gasteiger partial charge in [0.2, 0.25) is 0 Å². The maximum Gasteiger partial charge on any atom is 0.373 e. The molecule has 0 spiro atoms. The van der Waals surface area contributed by atoms with E-state index in [1.807, 2.05) is 26.0 Å². The molecule has 0 heterocycles. The van der Waals surface area contributed by atoms with E-state index in [1.165, 1.54) is 7.11 Å². The van der Waals surface area contributed by atoms with Crippen molar-refractivity contribution in [2.24, 2.45) is 0 Å². The van der Waals surface area contributed by atoms with Crippen LogP contribution in [0.1, 0.15) is 25.3 Å². The molecular formula is C12H16O4. The van der Waals surface area contributed by atoms with Crippen molar-refractivity contribution in [1.29, 1.82) is 0 Å². The highest BCUT2D eigenvalue weighted by atomic mass is 16.7. The third kappa shape index (κ3) is 2.97. The second-order valence-electron chi connectivity index (χ2n) is 3.72. The van der Waals surface area contributed by atoms with Gasteiger partial charge >= 0.3 is 5.97 Å². The van der Waals surface area contributed by atoms with Gasteiger partial charge in [-0.25, -0.2) is 4.79 Å². The third-order valence-corrected chi connectivity index (χ3v) is 2.19. The molecule has 1 aromatic rings. The van der Waals surface area contributed by atoms with Crippen LogP contribution in [0.15, 0.2) is 24.3 Å². The molecule has 1 N–H and O–H groups in total. The molecule has 0 bridgehead atoms. The molecule has 1 unspecified atom stereocenters. The van der Waals surface area contributed by atoms with E-state index in [2.05, 4.69) is 0 Å². The lowest BCUT2D eigenvalue weighted by Gasteiger charge is -2.17. The van der Waals surface area contributed by atoms with Gasteiger partial charge in [0.05, 0.1) is 0 Å². The topological polar surface area (TPSA) is 55.8 Å². The summed E-state index contributed by atoms with van der Waals surface area (Å²) in [5.41, 5.74) is 0.964. The van der Waals surface area contributed by atoms with Gasteiger partial charge in [0.1, 0.15) is 5.75 Å². The lowest BCUT2D eigenvalue weighted by Crippen LogP contribution is -2.29. The van der Waals surface area contributed by atoms with E-state index in [9.17, 15) is 4.79 Å². The minimum atomic E-state index is -1.26. The highest BCUT2D eigenvalue weighted by Crippen LogP contribution is 2.26. The number of benzene rings is 1. The van der Waals surface area contributed by atoms with E-state index >= 15 is 0 Å². The van der Waals surface area contributed by atoms with Gasteiger partial charge in [-0.2, -0.15) is 0 Å². The molecule has 1 aromatic carbocycles. The fraction of sp³-hybridized carbons (Fsp3) is 0.417. The lowest BCUT2D eigenvalue weighted by atomic mass is 10.0. The number of carbonyl (C=O) groups is 1. The van der Waals surface area contributed by atoms with Crippen molar-refractivity contribution in [2.45, 2.75) is 26.1 Å². The van der Waals surface area contributed by atoms with Crippen LogP contribution in [0.5, 0.6) is 5.75 Å². The molecule has 0 aromatic heterocycles. The quantitative estimate of drug-likeness (QED) is 0.779. The van der Waals surface area contributed by atoms with Crippen molar-refractivity contribution in [3.05, 3.63) is 29.8 Å². The van der Waals surface area contributed by atoms with Crippen molar-refractivity contribution in [1.82, 2.24) is 0 Å². The highest BCUT2D eigenvalue weighted by molar-refractivity contribution is 5.71. The zero-order valence-corrected chi connectivity index (χ0v) is 9.64. The standard InChI is InChI=1S/C12H16O4/c1-8(2)9-6-4-5-7-10(9)16-12(15-3)11(13)14/h4-8,12H,1-3H3,(H,13,14). The molecule has 4 heteroatoms. The van der Waals surface area contributed by atoms with Crippen LogP contribution in [0.3, 0.4) is 0 Å². The van der Waals surface area contributed by atoms with E-state index < -0.39 is 12.3 Å². The molecule has 0 radical (unpaired) electrons. The summed E-state index contributed by atoms with van der Waals surface area (Å²) in [7, 11) is 1.30. The maximum atomic E-state index is 10.8. The number of carboxylic acid groups (broad SMARTS) is 1. The molecule has 0 fully saturated rings. The summed E-state index contributed by atoms with van der Waals surface area (Å²) in [5.74, 6) is -0.324. The summed E-state index contributed by atoms with van der Waals surface area (Å²) in [4.78, 5) is 10.8. The minimum absolute atomic E-state index is 0.266. The average molecular weight is 224 g/mol. The van der Waals surface area contributed by atoms with Crippen LogP contribution in [-0.2, 0) is 9.53 Å². The Kier molecular flexibility index (Phi) is 4.31. The number of hydrogen-bond acceptors (Lipinski definition) is 3. The predicted molar refractivity (Wildman–Crippen MR) is 59.6 cm³/mol. The van der Waals surface area contributed by atoms with Gasteiger partial charge in [0.25, 0.3) is 6.29 Å². The fourth-order valence-electron chi connectivity index (χ4n) is 1.38. The molecule has 0 aliphatic heterocycles. The normalized spacial score (nSPS) is 12.5. The third-order valence-electron chi connectivity index (χ3n) is 2.19. The molecular weight excluding hydrogens is 208 g/mol. The minimum Gasteiger partial charge on any atom is -0.477 e. The number of carboxylic acids is 1. The Morgan fingerprint density at radius 1 is 1.31 bits per heavy atom. The van der Waals surface area contributed by atoms with E-state index in [1.54, 1.807) is 12.1 Å². The van der Waals surface area contributed by atoms with Gasteiger partial charge in [-0.3, -0.25) is 0 Å². The van der Waals surface area contributed by atoms with Gasteiger partial charge in [-0.05, 0) is 17.5 Å². The van der Waals surface area contributed by atoms with Gasteiger partial charge in [-0.1, -0.05) is 32.0 Å². The van der Waals surface area contributed by atoms with E-state index in [0.717, 1.165) is 5.56 Å². The first kappa shape index (κ1) is 12.5. The smallest absolute Gasteiger partial charge is 0.373 e. The van der Waals surface area contributed by atoms with Crippen LogP contribution >= 0.6 is 0 Å². The van der Waals surface area contributed by atoms with Crippen LogP contribution in [0.2, 0.25) is 0 Å². The van der Waals surface area contributed by atoms with Crippen molar-refractivity contribution < 1.29 is 19.4 Å². The number of para-hydroxylation sites is 1. The zero-order valence-electron chi connectivity index (χ0n) is 9.64. The van der Waals surface area contributed by atoms with E-state index in [-0.39, 0.29) is 5.92 Å². The molecule has 0 saturated heterocycles. The largest absolute Gasteiger partial charge is 0.477 e. The molecule has 16 heavy (non-hydrogen) atoms. The molecule has 4 nitrogen and oxygen atoms in total. The summed E-state index contributed by atoms with van der Waals surface area (Å²) in [6.45, 7) is 4.04. The Bertz CT molecular complexity index is 360. The van der Waals surface area contributed by atoms with Gasteiger partial charge in [0, 0.05) is 7.11 Å². The first-order valence-corrected chi connectivity index (χ1v) is 5.07. The van der Waals surface area contributed by atoms with Crippen LogP contribution in [0, 0.1) is 0 Å². The highest BCUT2D eigenvalue weighted by Gasteiger charge is 2.20. The summed E-state index contributed by atoms with van der Waals surface area (Å²) in [6, 6.07) is 7.35. The van der Waals surface area contributed by atoms with Crippen molar-refractivity contribution in [3.63, 3.8) is 0 Å². The summed E-state index contributed by atoms with van der Waals surface area (Å²) < 4.78 is 10.0. The number of rotatable bonds is 5. The first-order chi connectivity index (χ1) is 7.56. The number of hydrogen-bond donors (Lipinski definition) is 1. The van der Waals surface area contributed by atoms with Crippen molar-refractivity contribution >= 4 is 5.97 Å². The maximum absolute atomic E-state index is 10.8. The fourth-order valence-corrected chi connectivity index (χ4v) is 1.38. The Morgan fingerprint density at radius 2 is 1.94 bits per heavy atom. The van der Waals surface area contributed by atoms with Crippen LogP contribution in [-0.4, -0.2) is 24.5 Å². The molecule has 1 atom stereocenters. The zero-order chi connectivity index (χ0) is 12.1. The molecule has 1 rings (SSSR count). The second-order valence-corrected chi connectivity index (χ2v) is 3.72. The van der Waals surface area contributed by atoms with E-state index in [0.29, 0.717) is 5.75 Å². The number of ether oxygens (including phenoxy) is 2. The second kappa shape index (κ2) is 5.51. The number of aliphatic carboxylic acids is 1. The van der Waals surface area contributed by atoms with Gasteiger partial charge < -0.3 is 14.6 Å². The van der Waals surface area contributed by atoms with Crippen molar-refractivity contribution in [3.8, 4) is 5.75 Å². The lowest BCUT2D eigenvalue weighted by molar-refractivity contribution is -0.166. The Balaban J connectivity index is 2.91. The Labute approximate surface area is 94.8 Å². The number of methoxy groups -OCH3 is 1. The molecule has 0 aliphatic rings. The van der Waals surface area contributed by atoms with Gasteiger partial charge in [0.15, 0.2) is 0 Å². The Hall–Kier alpha value is -1.55.